The van der Waals surface area contributed by atoms with Gasteiger partial charge in [-0.05, 0) is 55.3 Å². The second kappa shape index (κ2) is 8.06. The van der Waals surface area contributed by atoms with Crippen LogP contribution in [0.2, 0.25) is 0 Å². The van der Waals surface area contributed by atoms with E-state index in [1.165, 1.54) is 0 Å². The van der Waals surface area contributed by atoms with E-state index in [1.807, 2.05) is 68.6 Å². The molecule has 0 spiro atoms. The molecular weight excluding hydrogens is 366 g/mol. The maximum absolute atomic E-state index is 12.2. The molecule has 1 amide bonds. The van der Waals surface area contributed by atoms with Crippen molar-refractivity contribution in [2.75, 3.05) is 6.61 Å². The molecule has 146 valence electrons. The van der Waals surface area contributed by atoms with Crippen LogP contribution in [0.3, 0.4) is 0 Å². The molecule has 0 fully saturated rings. The van der Waals surface area contributed by atoms with E-state index >= 15 is 0 Å². The minimum absolute atomic E-state index is 0.149. The highest BCUT2D eigenvalue weighted by Gasteiger charge is 2.14. The van der Waals surface area contributed by atoms with Crippen molar-refractivity contribution < 1.29 is 13.9 Å². The first-order chi connectivity index (χ1) is 14.1. The summed E-state index contributed by atoms with van der Waals surface area (Å²) in [5.74, 6) is 0.986. The smallest absolute Gasteiger partial charge is 0.277 e. The Morgan fingerprint density at radius 3 is 2.93 bits per heavy atom. The predicted molar refractivity (Wildman–Crippen MR) is 113 cm³/mol. The molecule has 4 aromatic rings. The van der Waals surface area contributed by atoms with Crippen LogP contribution >= 0.6 is 0 Å². The molecule has 6 nitrogen and oxygen atoms in total. The lowest BCUT2D eigenvalue weighted by molar-refractivity contribution is -0.123. The minimum Gasteiger partial charge on any atom is -0.483 e. The van der Waals surface area contributed by atoms with Crippen LogP contribution in [0.25, 0.3) is 22.2 Å². The lowest BCUT2D eigenvalue weighted by Crippen LogP contribution is -2.25. The lowest BCUT2D eigenvalue weighted by Gasteiger charge is -2.13. The number of carbonyl (C=O) groups excluding carboxylic acids is 1. The number of amides is 1. The van der Waals surface area contributed by atoms with Gasteiger partial charge in [-0.2, -0.15) is 5.10 Å². The summed E-state index contributed by atoms with van der Waals surface area (Å²) in [6.45, 7) is 3.81. The Balaban J connectivity index is 1.43. The van der Waals surface area contributed by atoms with Gasteiger partial charge in [-0.1, -0.05) is 18.2 Å². The van der Waals surface area contributed by atoms with Crippen LogP contribution in [0.15, 0.2) is 70.5 Å². The zero-order valence-corrected chi connectivity index (χ0v) is 16.2. The summed E-state index contributed by atoms with van der Waals surface area (Å²) in [5.41, 5.74) is 7.30. The number of ether oxygens (including phenoxy) is 1. The van der Waals surface area contributed by atoms with Crippen molar-refractivity contribution >= 4 is 23.0 Å². The number of aromatic nitrogens is 1. The Bertz CT molecular complexity index is 1170. The number of H-pyrrole nitrogens is 1. The molecule has 6 heteroatoms. The van der Waals surface area contributed by atoms with Gasteiger partial charge in [0.15, 0.2) is 6.61 Å². The average Bonchev–Trinajstić information content (AvgIpc) is 3.39. The molecule has 2 aromatic heterocycles. The monoisotopic (exact) mass is 387 g/mol. The number of nitrogens with zero attached hydrogens (tertiary/aromatic N) is 1. The Kier molecular flexibility index (Phi) is 5.16. The first kappa shape index (κ1) is 18.6. The van der Waals surface area contributed by atoms with Crippen molar-refractivity contribution in [2.45, 2.75) is 13.8 Å². The van der Waals surface area contributed by atoms with Crippen LogP contribution in [0.5, 0.6) is 5.75 Å². The molecule has 0 aliphatic heterocycles. The lowest BCUT2D eigenvalue weighted by atomic mass is 10.0. The van der Waals surface area contributed by atoms with Gasteiger partial charge in [-0.15, -0.1) is 0 Å². The number of nitrogens with one attached hydrogen (secondary N) is 2. The maximum Gasteiger partial charge on any atom is 0.277 e. The number of hydrazone groups is 1. The van der Waals surface area contributed by atoms with E-state index in [1.54, 1.807) is 12.5 Å². The standard InChI is InChI=1S/C23H21N3O3/c1-15-11-16(2)23(19(12-15)21-7-4-10-28-21)29-14-22(27)26-25-13-17-5-3-6-20-18(17)8-9-24-20/h3-13,24H,14H2,1-2H3,(H,26,27). The molecule has 0 unspecified atom stereocenters. The predicted octanol–water partition coefficient (Wildman–Crippen LogP) is 4.57. The van der Waals surface area contributed by atoms with Gasteiger partial charge in [-0.25, -0.2) is 5.43 Å². The number of hydrogen-bond donors (Lipinski definition) is 2. The fourth-order valence-electron chi connectivity index (χ4n) is 3.33. The highest BCUT2D eigenvalue weighted by atomic mass is 16.5. The van der Waals surface area contributed by atoms with Crippen LogP contribution in [0, 0.1) is 13.8 Å². The van der Waals surface area contributed by atoms with Crippen LogP contribution in [-0.2, 0) is 4.79 Å². The Morgan fingerprint density at radius 2 is 2.10 bits per heavy atom. The second-order valence-electron chi connectivity index (χ2n) is 6.80. The summed E-state index contributed by atoms with van der Waals surface area (Å²) in [6, 6.07) is 15.5. The molecule has 4 rings (SSSR count). The summed E-state index contributed by atoms with van der Waals surface area (Å²) in [6.07, 6.45) is 5.11. The molecule has 2 heterocycles. The molecular formula is C23H21N3O3. The van der Waals surface area contributed by atoms with E-state index in [4.69, 9.17) is 9.15 Å². The second-order valence-corrected chi connectivity index (χ2v) is 6.80. The molecule has 2 aromatic carbocycles. The van der Waals surface area contributed by atoms with E-state index in [9.17, 15) is 4.79 Å². The third kappa shape index (κ3) is 4.06. The molecule has 2 N–H and O–H groups in total. The number of benzene rings is 2. The molecule has 0 atom stereocenters. The Hall–Kier alpha value is -3.80. The zero-order valence-electron chi connectivity index (χ0n) is 16.2. The van der Waals surface area contributed by atoms with Crippen molar-refractivity contribution in [1.29, 1.82) is 0 Å². The van der Waals surface area contributed by atoms with Crippen LogP contribution in [0.1, 0.15) is 16.7 Å². The number of carbonyl (C=O) groups is 1. The Morgan fingerprint density at radius 1 is 1.21 bits per heavy atom. The van der Waals surface area contributed by atoms with Crippen molar-refractivity contribution in [3.63, 3.8) is 0 Å². The maximum atomic E-state index is 12.2. The molecule has 0 radical (unpaired) electrons. The van der Waals surface area contributed by atoms with Crippen molar-refractivity contribution in [2.24, 2.45) is 5.10 Å². The third-order valence-electron chi connectivity index (χ3n) is 4.57. The van der Waals surface area contributed by atoms with Gasteiger partial charge in [0.2, 0.25) is 0 Å². The van der Waals surface area contributed by atoms with E-state index in [0.29, 0.717) is 11.5 Å². The number of aryl methyl sites for hydroxylation is 2. The van der Waals surface area contributed by atoms with Crippen molar-refractivity contribution in [3.05, 3.63) is 77.7 Å². The normalized spacial score (nSPS) is 11.2. The SMILES string of the molecule is Cc1cc(C)c(OCC(=O)NN=Cc2cccc3[nH]ccc23)c(-c2ccco2)c1. The first-order valence-corrected chi connectivity index (χ1v) is 9.28. The summed E-state index contributed by atoms with van der Waals surface area (Å²) in [7, 11) is 0. The van der Waals surface area contributed by atoms with Gasteiger partial charge < -0.3 is 14.1 Å². The summed E-state index contributed by atoms with van der Waals surface area (Å²) in [5, 5.41) is 5.10. The number of rotatable bonds is 6. The quantitative estimate of drug-likeness (QED) is 0.376. The van der Waals surface area contributed by atoms with Gasteiger partial charge in [0.05, 0.1) is 18.0 Å². The minimum atomic E-state index is -0.340. The van der Waals surface area contributed by atoms with Crippen LogP contribution in [-0.4, -0.2) is 23.7 Å². The molecule has 0 saturated carbocycles. The van der Waals surface area contributed by atoms with Gasteiger partial charge >= 0.3 is 0 Å². The molecule has 0 aliphatic carbocycles. The highest BCUT2D eigenvalue weighted by molar-refractivity contribution is 5.98. The fraction of sp³-hybridized carbons (Fsp3) is 0.130. The third-order valence-corrected chi connectivity index (χ3v) is 4.57. The molecule has 0 saturated heterocycles. The van der Waals surface area contributed by atoms with E-state index < -0.39 is 0 Å². The van der Waals surface area contributed by atoms with Crippen LogP contribution < -0.4 is 10.2 Å². The van der Waals surface area contributed by atoms with Crippen molar-refractivity contribution in [1.82, 2.24) is 10.4 Å². The molecule has 29 heavy (non-hydrogen) atoms. The molecule has 0 bridgehead atoms. The number of fused-ring (bicyclic) bond motifs is 1. The van der Waals surface area contributed by atoms with Crippen LogP contribution in [0.4, 0.5) is 0 Å². The topological polar surface area (TPSA) is 79.6 Å². The first-order valence-electron chi connectivity index (χ1n) is 9.28. The fourth-order valence-corrected chi connectivity index (χ4v) is 3.33. The van der Waals surface area contributed by atoms with E-state index in [-0.39, 0.29) is 12.5 Å². The molecule has 0 aliphatic rings. The highest BCUT2D eigenvalue weighted by Crippen LogP contribution is 2.34. The number of furan rings is 1. The van der Waals surface area contributed by atoms with Gasteiger partial charge in [0.25, 0.3) is 5.91 Å². The Labute approximate surface area is 168 Å². The van der Waals surface area contributed by atoms with E-state index in [0.717, 1.165) is 33.2 Å². The van der Waals surface area contributed by atoms with Gasteiger partial charge in [0.1, 0.15) is 11.5 Å². The van der Waals surface area contributed by atoms with E-state index in [2.05, 4.69) is 15.5 Å². The van der Waals surface area contributed by atoms with Crippen molar-refractivity contribution in [3.8, 4) is 17.1 Å². The average molecular weight is 387 g/mol. The van der Waals surface area contributed by atoms with Gasteiger partial charge in [0, 0.05) is 22.7 Å². The summed E-state index contributed by atoms with van der Waals surface area (Å²) < 4.78 is 11.3. The number of hydrogen-bond acceptors (Lipinski definition) is 4. The summed E-state index contributed by atoms with van der Waals surface area (Å²) in [4.78, 5) is 15.4. The van der Waals surface area contributed by atoms with Gasteiger partial charge in [-0.3, -0.25) is 4.79 Å². The summed E-state index contributed by atoms with van der Waals surface area (Å²) >= 11 is 0. The zero-order chi connectivity index (χ0) is 20.2. The largest absolute Gasteiger partial charge is 0.483 e. The number of aromatic amines is 1.